The Hall–Kier alpha value is -1.84. The highest BCUT2D eigenvalue weighted by molar-refractivity contribution is 5.85. The van der Waals surface area contributed by atoms with Gasteiger partial charge in [0.05, 0.1) is 0 Å². The molecule has 0 heterocycles. The number of alkyl halides is 2. The van der Waals surface area contributed by atoms with E-state index in [9.17, 15) is 13.9 Å². The van der Waals surface area contributed by atoms with Crippen molar-refractivity contribution in [1.29, 1.82) is 0 Å². The lowest BCUT2D eigenvalue weighted by molar-refractivity contribution is -0.0497. The number of aromatic hydroxyl groups is 1. The number of phenols is 1. The molecule has 2 nitrogen and oxygen atoms in total. The van der Waals surface area contributed by atoms with Crippen LogP contribution < -0.4 is 4.74 Å². The van der Waals surface area contributed by atoms with Gasteiger partial charge in [-0.25, -0.2) is 0 Å². The van der Waals surface area contributed by atoms with Crippen molar-refractivity contribution in [3.63, 3.8) is 0 Å². The molecular weight excluding hydrogens is 202 g/mol. The molecule has 4 heteroatoms. The molecule has 0 bridgehead atoms. The molecule has 0 saturated heterocycles. The summed E-state index contributed by atoms with van der Waals surface area (Å²) in [4.78, 5) is 0. The fourth-order valence-electron chi connectivity index (χ4n) is 1.39. The van der Waals surface area contributed by atoms with Crippen LogP contribution in [-0.2, 0) is 0 Å². The second kappa shape index (κ2) is 3.73. The molecule has 0 spiro atoms. The Balaban J connectivity index is 2.45. The minimum atomic E-state index is -2.83. The molecule has 0 atom stereocenters. The molecule has 0 aliphatic carbocycles. The molecule has 1 N–H and O–H groups in total. The highest BCUT2D eigenvalue weighted by Gasteiger charge is 2.04. The van der Waals surface area contributed by atoms with Crippen LogP contribution in [0.15, 0.2) is 36.4 Å². The molecule has 2 aromatic carbocycles. The van der Waals surface area contributed by atoms with Crippen molar-refractivity contribution in [2.75, 3.05) is 0 Å². The SMILES string of the molecule is Oc1ccc2ccc(OC(F)F)cc2c1. The number of hydrogen-bond acceptors (Lipinski definition) is 2. The first-order valence-electron chi connectivity index (χ1n) is 4.33. The van der Waals surface area contributed by atoms with Crippen molar-refractivity contribution in [2.45, 2.75) is 6.61 Å². The van der Waals surface area contributed by atoms with Crippen LogP contribution in [-0.4, -0.2) is 11.7 Å². The van der Waals surface area contributed by atoms with E-state index >= 15 is 0 Å². The molecule has 0 amide bonds. The maximum Gasteiger partial charge on any atom is 0.387 e. The lowest BCUT2D eigenvalue weighted by atomic mass is 10.1. The van der Waals surface area contributed by atoms with E-state index in [1.807, 2.05) is 0 Å². The number of rotatable bonds is 2. The van der Waals surface area contributed by atoms with Crippen molar-refractivity contribution in [3.05, 3.63) is 36.4 Å². The summed E-state index contributed by atoms with van der Waals surface area (Å²) in [6.07, 6.45) is 0. The Bertz CT molecular complexity index is 483. The predicted molar refractivity (Wildman–Crippen MR) is 52.2 cm³/mol. The summed E-state index contributed by atoms with van der Waals surface area (Å²) in [6.45, 7) is -2.83. The van der Waals surface area contributed by atoms with Gasteiger partial charge in [-0.05, 0) is 35.0 Å². The summed E-state index contributed by atoms with van der Waals surface area (Å²) in [5, 5.41) is 10.7. The molecule has 0 aliphatic heterocycles. The van der Waals surface area contributed by atoms with Gasteiger partial charge in [0.15, 0.2) is 0 Å². The van der Waals surface area contributed by atoms with Crippen LogP contribution in [0.4, 0.5) is 8.78 Å². The Kier molecular flexibility index (Phi) is 2.41. The molecule has 0 aromatic heterocycles. The summed E-state index contributed by atoms with van der Waals surface area (Å²) in [5.74, 6) is 0.180. The second-order valence-electron chi connectivity index (χ2n) is 3.07. The van der Waals surface area contributed by atoms with E-state index in [1.165, 1.54) is 24.3 Å². The smallest absolute Gasteiger partial charge is 0.387 e. The molecule has 0 aliphatic rings. The lowest BCUT2D eigenvalue weighted by Crippen LogP contribution is -2.01. The number of hydrogen-bond donors (Lipinski definition) is 1. The highest BCUT2D eigenvalue weighted by Crippen LogP contribution is 2.25. The molecular formula is C11H8F2O2. The van der Waals surface area contributed by atoms with Crippen LogP contribution in [0.25, 0.3) is 10.8 Å². The number of benzene rings is 2. The third-order valence-corrected chi connectivity index (χ3v) is 2.02. The van der Waals surface area contributed by atoms with Crippen LogP contribution >= 0.6 is 0 Å². The van der Waals surface area contributed by atoms with Crippen LogP contribution in [0.5, 0.6) is 11.5 Å². The fraction of sp³-hybridized carbons (Fsp3) is 0.0909. The van der Waals surface area contributed by atoms with Crippen molar-refractivity contribution < 1.29 is 18.6 Å². The van der Waals surface area contributed by atoms with E-state index in [-0.39, 0.29) is 11.5 Å². The van der Waals surface area contributed by atoms with E-state index in [0.717, 1.165) is 5.39 Å². The molecule has 0 radical (unpaired) electrons. The molecule has 0 fully saturated rings. The first kappa shape index (κ1) is 9.71. The van der Waals surface area contributed by atoms with Gasteiger partial charge in [0, 0.05) is 0 Å². The average molecular weight is 210 g/mol. The van der Waals surface area contributed by atoms with Crippen molar-refractivity contribution >= 4 is 10.8 Å². The second-order valence-corrected chi connectivity index (χ2v) is 3.07. The summed E-state index contributed by atoms with van der Waals surface area (Å²) in [6, 6.07) is 9.32. The van der Waals surface area contributed by atoms with E-state index in [2.05, 4.69) is 4.74 Å². The third-order valence-electron chi connectivity index (χ3n) is 2.02. The summed E-state index contributed by atoms with van der Waals surface area (Å²) >= 11 is 0. The van der Waals surface area contributed by atoms with Crippen LogP contribution in [0.2, 0.25) is 0 Å². The Morgan fingerprint density at radius 3 is 2.47 bits per heavy atom. The standard InChI is InChI=1S/C11H8F2O2/c12-11(13)15-10-4-2-7-1-3-9(14)5-8(7)6-10/h1-6,11,14H. The molecule has 2 rings (SSSR count). The van der Waals surface area contributed by atoms with Crippen molar-refractivity contribution in [2.24, 2.45) is 0 Å². The minimum absolute atomic E-state index is 0.0862. The largest absolute Gasteiger partial charge is 0.508 e. The third kappa shape index (κ3) is 2.15. The van der Waals surface area contributed by atoms with Gasteiger partial charge in [-0.2, -0.15) is 8.78 Å². The topological polar surface area (TPSA) is 29.5 Å². The van der Waals surface area contributed by atoms with Gasteiger partial charge in [0.25, 0.3) is 0 Å². The summed E-state index contributed by atoms with van der Waals surface area (Å²) in [7, 11) is 0. The van der Waals surface area contributed by atoms with Gasteiger partial charge >= 0.3 is 6.61 Å². The molecule has 78 valence electrons. The summed E-state index contributed by atoms with van der Waals surface area (Å²) < 4.78 is 28.1. The van der Waals surface area contributed by atoms with Gasteiger partial charge < -0.3 is 9.84 Å². The highest BCUT2D eigenvalue weighted by atomic mass is 19.3. The van der Waals surface area contributed by atoms with Gasteiger partial charge in [-0.15, -0.1) is 0 Å². The molecule has 2 aromatic rings. The maximum absolute atomic E-state index is 11.9. The zero-order chi connectivity index (χ0) is 10.8. The molecule has 0 unspecified atom stereocenters. The first-order valence-corrected chi connectivity index (χ1v) is 4.33. The predicted octanol–water partition coefficient (Wildman–Crippen LogP) is 3.15. The number of fused-ring (bicyclic) bond motifs is 1. The van der Waals surface area contributed by atoms with Gasteiger partial charge in [0.2, 0.25) is 0 Å². The van der Waals surface area contributed by atoms with Gasteiger partial charge in [-0.1, -0.05) is 12.1 Å². The lowest BCUT2D eigenvalue weighted by Gasteiger charge is -2.05. The van der Waals surface area contributed by atoms with E-state index in [4.69, 9.17) is 0 Å². The number of ether oxygens (including phenoxy) is 1. The summed E-state index contributed by atoms with van der Waals surface area (Å²) in [5.41, 5.74) is 0. The quantitative estimate of drug-likeness (QED) is 0.825. The zero-order valence-corrected chi connectivity index (χ0v) is 7.65. The van der Waals surface area contributed by atoms with Gasteiger partial charge in [0.1, 0.15) is 11.5 Å². The average Bonchev–Trinajstić information content (AvgIpc) is 2.16. The Morgan fingerprint density at radius 1 is 1.00 bits per heavy atom. The Labute approximate surface area is 84.7 Å². The molecule has 15 heavy (non-hydrogen) atoms. The number of phenolic OH excluding ortho intramolecular Hbond substituents is 1. The maximum atomic E-state index is 11.9. The van der Waals surface area contributed by atoms with E-state index in [0.29, 0.717) is 5.39 Å². The van der Waals surface area contributed by atoms with Crippen LogP contribution in [0.1, 0.15) is 0 Å². The fourth-order valence-corrected chi connectivity index (χ4v) is 1.39. The minimum Gasteiger partial charge on any atom is -0.508 e. The normalized spacial score (nSPS) is 10.9. The van der Waals surface area contributed by atoms with Crippen LogP contribution in [0, 0.1) is 0 Å². The van der Waals surface area contributed by atoms with Gasteiger partial charge in [-0.3, -0.25) is 0 Å². The molecule has 0 saturated carbocycles. The van der Waals surface area contributed by atoms with Crippen LogP contribution in [0.3, 0.4) is 0 Å². The first-order chi connectivity index (χ1) is 7.15. The van der Waals surface area contributed by atoms with Crippen molar-refractivity contribution in [1.82, 2.24) is 0 Å². The zero-order valence-electron chi connectivity index (χ0n) is 7.65. The van der Waals surface area contributed by atoms with E-state index < -0.39 is 6.61 Å². The van der Waals surface area contributed by atoms with E-state index in [1.54, 1.807) is 12.1 Å². The number of halogens is 2. The van der Waals surface area contributed by atoms with Crippen molar-refractivity contribution in [3.8, 4) is 11.5 Å². The Morgan fingerprint density at radius 2 is 1.73 bits per heavy atom. The monoisotopic (exact) mass is 210 g/mol.